The third-order valence-corrected chi connectivity index (χ3v) is 7.33. The van der Waals surface area contributed by atoms with Crippen LogP contribution in [0.15, 0.2) is 51.7 Å². The van der Waals surface area contributed by atoms with Gasteiger partial charge in [0.15, 0.2) is 6.61 Å². The molecule has 37 heavy (non-hydrogen) atoms. The Morgan fingerprint density at radius 2 is 1.95 bits per heavy atom. The molecule has 0 radical (unpaired) electrons. The molecular weight excluding hydrogens is 492 g/mol. The van der Waals surface area contributed by atoms with Crippen molar-refractivity contribution in [1.82, 2.24) is 10.6 Å². The number of rotatable bonds is 12. The Labute approximate surface area is 219 Å². The van der Waals surface area contributed by atoms with E-state index in [9.17, 15) is 14.4 Å². The number of aryl methyl sites for hydroxylation is 2. The summed E-state index contributed by atoms with van der Waals surface area (Å²) in [5.41, 5.74) is 3.74. The molecule has 9 heteroatoms. The highest BCUT2D eigenvalue weighted by molar-refractivity contribution is 7.98. The maximum Gasteiger partial charge on any atom is 0.339 e. The van der Waals surface area contributed by atoms with E-state index in [-0.39, 0.29) is 24.7 Å². The number of hydrogen-bond acceptors (Lipinski definition) is 7. The number of benzene rings is 2. The number of carbonyl (C=O) groups is 2. The van der Waals surface area contributed by atoms with Crippen molar-refractivity contribution in [3.8, 4) is 5.75 Å². The van der Waals surface area contributed by atoms with Gasteiger partial charge < -0.3 is 24.9 Å². The van der Waals surface area contributed by atoms with Crippen LogP contribution in [-0.4, -0.2) is 48.5 Å². The Morgan fingerprint density at radius 3 is 2.73 bits per heavy atom. The van der Waals surface area contributed by atoms with E-state index in [2.05, 4.69) is 10.6 Å². The monoisotopic (exact) mass is 524 g/mol. The summed E-state index contributed by atoms with van der Waals surface area (Å²) >= 11 is 1.55. The predicted octanol–water partition coefficient (Wildman–Crippen LogP) is 2.89. The highest BCUT2D eigenvalue weighted by Crippen LogP contribution is 2.35. The van der Waals surface area contributed by atoms with Gasteiger partial charge in [0, 0.05) is 30.2 Å². The smallest absolute Gasteiger partial charge is 0.339 e. The average Bonchev–Trinajstić information content (AvgIpc) is 3.38. The van der Waals surface area contributed by atoms with E-state index < -0.39 is 11.9 Å². The van der Waals surface area contributed by atoms with Gasteiger partial charge in [-0.3, -0.25) is 9.59 Å². The quantitative estimate of drug-likeness (QED) is 0.246. The minimum Gasteiger partial charge on any atom is -0.483 e. The first kappa shape index (κ1) is 26.8. The van der Waals surface area contributed by atoms with Crippen LogP contribution in [0.3, 0.4) is 0 Å². The number of fused-ring (bicyclic) bond motifs is 3. The molecule has 8 nitrogen and oxygen atoms in total. The van der Waals surface area contributed by atoms with Gasteiger partial charge in [0.2, 0.25) is 5.91 Å². The molecule has 3 N–H and O–H groups in total. The van der Waals surface area contributed by atoms with E-state index in [4.69, 9.17) is 14.3 Å². The number of ether oxygens (including phenoxy) is 1. The van der Waals surface area contributed by atoms with E-state index >= 15 is 0 Å². The Balaban J connectivity index is 1.43. The molecule has 2 amide bonds. The van der Waals surface area contributed by atoms with Crippen LogP contribution in [0.25, 0.3) is 11.0 Å². The normalized spacial score (nSPS) is 13.2. The molecule has 2 aromatic carbocycles. The second kappa shape index (κ2) is 12.8. The molecule has 0 aliphatic heterocycles. The molecule has 0 bridgehead atoms. The van der Waals surface area contributed by atoms with Gasteiger partial charge in [-0.05, 0) is 61.4 Å². The summed E-state index contributed by atoms with van der Waals surface area (Å²) in [4.78, 5) is 38.0. The Kier molecular flexibility index (Phi) is 9.24. The fourth-order valence-corrected chi connectivity index (χ4v) is 5.48. The molecule has 1 aromatic heterocycles. The van der Waals surface area contributed by atoms with Crippen molar-refractivity contribution in [2.75, 3.05) is 25.5 Å². The average molecular weight is 525 g/mol. The van der Waals surface area contributed by atoms with Crippen LogP contribution in [0, 0.1) is 6.92 Å². The Hall–Kier alpha value is -3.30. The van der Waals surface area contributed by atoms with E-state index in [1.54, 1.807) is 17.8 Å². The summed E-state index contributed by atoms with van der Waals surface area (Å²) in [5.74, 6) is 0.861. The number of amides is 2. The van der Waals surface area contributed by atoms with Crippen LogP contribution in [-0.2, 0) is 28.2 Å². The molecule has 1 unspecified atom stereocenters. The largest absolute Gasteiger partial charge is 0.483 e. The highest BCUT2D eigenvalue weighted by atomic mass is 32.2. The van der Waals surface area contributed by atoms with Gasteiger partial charge >= 0.3 is 5.63 Å². The van der Waals surface area contributed by atoms with Gasteiger partial charge in [-0.15, -0.1) is 0 Å². The minimum absolute atomic E-state index is 0.0256. The lowest BCUT2D eigenvalue weighted by molar-refractivity contribution is -0.129. The van der Waals surface area contributed by atoms with E-state index in [0.717, 1.165) is 34.9 Å². The summed E-state index contributed by atoms with van der Waals surface area (Å²) in [6.07, 6.45) is 2.75. The standard InChI is InChI=1S/C28H32N2O6S/c1-18-13-23(26-20-9-5-10-21(20)28(34)36-24(26)14-18)35-15-25(32)30-22(27(33)29-11-6-12-31)17-37-16-19-7-3-2-4-8-19/h2-4,7-8,13-14,22,31H,5-6,9-12,15-17H2,1H3,(H,29,33)(H,30,32). The SMILES string of the molecule is Cc1cc(OCC(=O)NC(CSCc2ccccc2)C(=O)NCCCO)c2c3c(c(=O)oc2c1)CCC3. The second-order valence-corrected chi connectivity index (χ2v) is 10.1. The van der Waals surface area contributed by atoms with Crippen molar-refractivity contribution in [2.45, 2.75) is 44.4 Å². The van der Waals surface area contributed by atoms with Gasteiger partial charge in [0.1, 0.15) is 17.4 Å². The number of carbonyl (C=O) groups excluding carboxylic acids is 2. The van der Waals surface area contributed by atoms with Crippen molar-refractivity contribution >= 4 is 34.5 Å². The molecule has 1 atom stereocenters. The van der Waals surface area contributed by atoms with Crippen molar-refractivity contribution in [2.24, 2.45) is 0 Å². The van der Waals surface area contributed by atoms with Crippen molar-refractivity contribution in [3.05, 3.63) is 75.1 Å². The molecular formula is C28H32N2O6S. The van der Waals surface area contributed by atoms with Crippen LogP contribution in [0.5, 0.6) is 5.75 Å². The molecule has 0 fully saturated rings. The van der Waals surface area contributed by atoms with Gasteiger partial charge in [-0.2, -0.15) is 11.8 Å². The Bertz CT molecular complexity index is 1310. The first-order valence-corrected chi connectivity index (χ1v) is 13.6. The number of nitrogens with one attached hydrogen (secondary N) is 2. The number of aliphatic hydroxyl groups excluding tert-OH is 1. The predicted molar refractivity (Wildman–Crippen MR) is 144 cm³/mol. The summed E-state index contributed by atoms with van der Waals surface area (Å²) in [6.45, 7) is 1.89. The zero-order chi connectivity index (χ0) is 26.2. The lowest BCUT2D eigenvalue weighted by Gasteiger charge is -2.19. The molecule has 1 heterocycles. The molecule has 196 valence electrons. The molecule has 3 aromatic rings. The van der Waals surface area contributed by atoms with E-state index in [1.165, 1.54) is 0 Å². The summed E-state index contributed by atoms with van der Waals surface area (Å²) < 4.78 is 11.5. The molecule has 1 aliphatic rings. The van der Waals surface area contributed by atoms with Crippen LogP contribution >= 0.6 is 11.8 Å². The van der Waals surface area contributed by atoms with Crippen LogP contribution in [0.4, 0.5) is 0 Å². The fraction of sp³-hybridized carbons (Fsp3) is 0.393. The van der Waals surface area contributed by atoms with E-state index in [0.29, 0.717) is 47.8 Å². The summed E-state index contributed by atoms with van der Waals surface area (Å²) in [6, 6.07) is 12.8. The van der Waals surface area contributed by atoms with Gasteiger partial charge in [0.25, 0.3) is 5.91 Å². The first-order valence-electron chi connectivity index (χ1n) is 12.5. The molecule has 0 spiro atoms. The maximum absolute atomic E-state index is 12.9. The zero-order valence-corrected chi connectivity index (χ0v) is 21.7. The highest BCUT2D eigenvalue weighted by Gasteiger charge is 2.24. The molecule has 0 saturated carbocycles. The van der Waals surface area contributed by atoms with Crippen LogP contribution in [0.2, 0.25) is 0 Å². The number of thioether (sulfide) groups is 1. The number of aliphatic hydroxyl groups is 1. The topological polar surface area (TPSA) is 118 Å². The van der Waals surface area contributed by atoms with E-state index in [1.807, 2.05) is 43.3 Å². The second-order valence-electron chi connectivity index (χ2n) is 9.11. The van der Waals surface area contributed by atoms with Gasteiger partial charge in [-0.25, -0.2) is 4.79 Å². The zero-order valence-electron chi connectivity index (χ0n) is 20.9. The summed E-state index contributed by atoms with van der Waals surface area (Å²) in [5, 5.41) is 15.3. The Morgan fingerprint density at radius 1 is 1.16 bits per heavy atom. The van der Waals surface area contributed by atoms with Crippen molar-refractivity contribution in [3.63, 3.8) is 0 Å². The number of hydrogen-bond donors (Lipinski definition) is 3. The third kappa shape index (κ3) is 6.93. The van der Waals surface area contributed by atoms with Crippen molar-refractivity contribution < 1.29 is 23.8 Å². The van der Waals surface area contributed by atoms with Crippen LogP contribution < -0.4 is 21.0 Å². The molecule has 4 rings (SSSR count). The molecule has 0 saturated heterocycles. The maximum atomic E-state index is 12.9. The van der Waals surface area contributed by atoms with Gasteiger partial charge in [0.05, 0.1) is 5.39 Å². The molecule has 1 aliphatic carbocycles. The minimum atomic E-state index is -0.750. The lowest BCUT2D eigenvalue weighted by Crippen LogP contribution is -2.49. The van der Waals surface area contributed by atoms with Crippen LogP contribution in [0.1, 0.15) is 35.1 Å². The summed E-state index contributed by atoms with van der Waals surface area (Å²) in [7, 11) is 0. The third-order valence-electron chi connectivity index (χ3n) is 6.22. The van der Waals surface area contributed by atoms with Gasteiger partial charge in [-0.1, -0.05) is 30.3 Å². The lowest BCUT2D eigenvalue weighted by atomic mass is 10.0. The fourth-order valence-electron chi connectivity index (χ4n) is 4.46. The van der Waals surface area contributed by atoms with Crippen molar-refractivity contribution in [1.29, 1.82) is 0 Å². The first-order chi connectivity index (χ1) is 18.0.